The van der Waals surface area contributed by atoms with E-state index in [0.717, 1.165) is 36.4 Å². The SMILES string of the molecule is Cc1ccnc(NCCCCCC(=O)NCC(=O)NC(CC(=O)OOC(=O)C(F)(F)F)c2cccc([N+](=O)[O-])c2)c1. The van der Waals surface area contributed by atoms with Crippen molar-refractivity contribution in [3.63, 3.8) is 0 Å². The Morgan fingerprint density at radius 2 is 1.80 bits per heavy atom. The third-order valence-corrected chi connectivity index (χ3v) is 5.38. The number of alkyl halides is 3. The van der Waals surface area contributed by atoms with Crippen molar-refractivity contribution in [1.82, 2.24) is 15.6 Å². The summed E-state index contributed by atoms with van der Waals surface area (Å²) in [5, 5.41) is 19.0. The molecule has 13 nitrogen and oxygen atoms in total. The second-order valence-corrected chi connectivity index (χ2v) is 8.73. The van der Waals surface area contributed by atoms with Gasteiger partial charge in [-0.1, -0.05) is 18.6 Å². The van der Waals surface area contributed by atoms with E-state index in [-0.39, 0.29) is 12.0 Å². The fraction of sp³-hybridized carbons (Fsp3) is 0.400. The molecule has 1 aromatic heterocycles. The van der Waals surface area contributed by atoms with E-state index in [9.17, 15) is 42.5 Å². The number of amides is 2. The number of hydrogen-bond donors (Lipinski definition) is 3. The molecule has 0 aliphatic carbocycles. The number of anilines is 1. The summed E-state index contributed by atoms with van der Waals surface area (Å²) in [4.78, 5) is 69.2. The molecule has 2 amide bonds. The minimum absolute atomic E-state index is 0.0347. The monoisotopic (exact) mass is 583 g/mol. The number of aryl methyl sites for hydroxylation is 1. The van der Waals surface area contributed by atoms with Gasteiger partial charge in [0.15, 0.2) is 0 Å². The number of unbranched alkanes of at least 4 members (excludes halogenated alkanes) is 2. The number of nitrogens with zero attached hydrogens (tertiary/aromatic N) is 2. The molecular weight excluding hydrogens is 555 g/mol. The van der Waals surface area contributed by atoms with Gasteiger partial charge in [-0.3, -0.25) is 19.7 Å². The Morgan fingerprint density at radius 1 is 1.05 bits per heavy atom. The van der Waals surface area contributed by atoms with Gasteiger partial charge in [-0.05, 0) is 43.0 Å². The number of rotatable bonds is 14. The van der Waals surface area contributed by atoms with E-state index >= 15 is 0 Å². The van der Waals surface area contributed by atoms with Crippen LogP contribution in [0.4, 0.5) is 24.7 Å². The number of halogens is 3. The van der Waals surface area contributed by atoms with Crippen LogP contribution in [0.15, 0.2) is 42.6 Å². The van der Waals surface area contributed by atoms with Crippen LogP contribution >= 0.6 is 0 Å². The first kappa shape index (κ1) is 32.5. The zero-order valence-electron chi connectivity index (χ0n) is 21.9. The van der Waals surface area contributed by atoms with Gasteiger partial charge in [-0.2, -0.15) is 13.2 Å². The fourth-order valence-corrected chi connectivity index (χ4v) is 3.39. The molecule has 1 heterocycles. The molecule has 0 bridgehead atoms. The van der Waals surface area contributed by atoms with E-state index in [1.165, 1.54) is 12.1 Å². The summed E-state index contributed by atoms with van der Waals surface area (Å²) in [6.45, 7) is 2.11. The van der Waals surface area contributed by atoms with Crippen LogP contribution < -0.4 is 16.0 Å². The van der Waals surface area contributed by atoms with Crippen LogP contribution in [-0.2, 0) is 29.0 Å². The van der Waals surface area contributed by atoms with E-state index in [4.69, 9.17) is 0 Å². The Morgan fingerprint density at radius 3 is 2.49 bits per heavy atom. The number of nitrogens with one attached hydrogen (secondary N) is 3. The lowest BCUT2D eigenvalue weighted by molar-refractivity contribution is -0.384. The Kier molecular flexibility index (Phi) is 12.5. The second-order valence-electron chi connectivity index (χ2n) is 8.73. The molecule has 3 N–H and O–H groups in total. The maximum absolute atomic E-state index is 12.4. The first-order valence-electron chi connectivity index (χ1n) is 12.3. The molecule has 0 radical (unpaired) electrons. The van der Waals surface area contributed by atoms with Crippen LogP contribution in [0, 0.1) is 17.0 Å². The highest BCUT2D eigenvalue weighted by Gasteiger charge is 2.43. The second kappa shape index (κ2) is 15.7. The highest BCUT2D eigenvalue weighted by atomic mass is 19.4. The molecule has 0 saturated carbocycles. The number of hydrogen-bond acceptors (Lipinski definition) is 10. The quantitative estimate of drug-likeness (QED) is 0.129. The lowest BCUT2D eigenvalue weighted by Crippen LogP contribution is -2.39. The van der Waals surface area contributed by atoms with Gasteiger partial charge in [0.05, 0.1) is 23.9 Å². The smallest absolute Gasteiger partial charge is 0.370 e. The molecule has 1 unspecified atom stereocenters. The van der Waals surface area contributed by atoms with E-state index < -0.39 is 59.5 Å². The van der Waals surface area contributed by atoms with Gasteiger partial charge < -0.3 is 16.0 Å². The number of aromatic nitrogens is 1. The zero-order chi connectivity index (χ0) is 30.4. The predicted octanol–water partition coefficient (Wildman–Crippen LogP) is 3.20. The van der Waals surface area contributed by atoms with Crippen molar-refractivity contribution in [3.8, 4) is 0 Å². The van der Waals surface area contributed by atoms with E-state index in [0.29, 0.717) is 13.0 Å². The lowest BCUT2D eigenvalue weighted by atomic mass is 10.0. The molecule has 0 saturated heterocycles. The van der Waals surface area contributed by atoms with Gasteiger partial charge in [0.1, 0.15) is 5.82 Å². The van der Waals surface area contributed by atoms with Gasteiger partial charge >= 0.3 is 18.1 Å². The Hall–Kier alpha value is -4.76. The summed E-state index contributed by atoms with van der Waals surface area (Å²) in [5.74, 6) is -4.71. The number of carbonyl (C=O) groups is 4. The molecule has 0 aliphatic heterocycles. The van der Waals surface area contributed by atoms with Crippen molar-refractivity contribution < 1.29 is 47.0 Å². The maximum atomic E-state index is 12.4. The number of benzene rings is 1. The predicted molar refractivity (Wildman–Crippen MR) is 136 cm³/mol. The highest BCUT2D eigenvalue weighted by molar-refractivity contribution is 5.85. The average Bonchev–Trinajstić information content (AvgIpc) is 2.91. The van der Waals surface area contributed by atoms with Crippen molar-refractivity contribution in [2.45, 2.75) is 51.2 Å². The van der Waals surface area contributed by atoms with Crippen molar-refractivity contribution in [2.75, 3.05) is 18.4 Å². The number of nitro benzene ring substituents is 1. The van der Waals surface area contributed by atoms with Gasteiger partial charge in [0.25, 0.3) is 5.69 Å². The summed E-state index contributed by atoms with van der Waals surface area (Å²) in [7, 11) is 0. The molecule has 2 rings (SSSR count). The summed E-state index contributed by atoms with van der Waals surface area (Å²) >= 11 is 0. The van der Waals surface area contributed by atoms with Crippen LogP contribution in [0.5, 0.6) is 0 Å². The van der Waals surface area contributed by atoms with Crippen molar-refractivity contribution in [3.05, 3.63) is 63.8 Å². The van der Waals surface area contributed by atoms with Crippen LogP contribution in [0.2, 0.25) is 0 Å². The summed E-state index contributed by atoms with van der Waals surface area (Å²) in [5.41, 5.74) is 0.718. The van der Waals surface area contributed by atoms with E-state index in [2.05, 4.69) is 30.7 Å². The first-order valence-corrected chi connectivity index (χ1v) is 12.3. The molecule has 0 spiro atoms. The number of pyridine rings is 1. The van der Waals surface area contributed by atoms with Crippen LogP contribution in [0.1, 0.15) is 49.3 Å². The molecule has 0 aliphatic rings. The topological polar surface area (TPSA) is 179 Å². The number of nitro groups is 1. The molecular formula is C25H28F3N5O8. The Balaban J connectivity index is 1.83. The number of carbonyl (C=O) groups excluding carboxylic acids is 4. The molecule has 41 heavy (non-hydrogen) atoms. The van der Waals surface area contributed by atoms with Gasteiger partial charge in [-0.25, -0.2) is 24.3 Å². The molecule has 2 aromatic rings. The van der Waals surface area contributed by atoms with Crippen LogP contribution in [0.25, 0.3) is 0 Å². The average molecular weight is 584 g/mol. The van der Waals surface area contributed by atoms with Crippen LogP contribution in [0.3, 0.4) is 0 Å². The molecule has 222 valence electrons. The van der Waals surface area contributed by atoms with Crippen molar-refractivity contribution >= 4 is 35.3 Å². The molecule has 1 aromatic carbocycles. The van der Waals surface area contributed by atoms with Crippen molar-refractivity contribution in [2.24, 2.45) is 0 Å². The zero-order valence-corrected chi connectivity index (χ0v) is 21.9. The Bertz CT molecular complexity index is 1240. The summed E-state index contributed by atoms with van der Waals surface area (Å²) in [6.07, 6.45) is -2.36. The number of non-ortho nitro benzene ring substituents is 1. The minimum atomic E-state index is -5.41. The standard InChI is InChI=1S/C25H28F3N5O8/c1-16-9-11-30-20(12-16)29-10-4-2-3-8-21(34)31-15-22(35)32-19(17-6-5-7-18(13-17)33(38)39)14-23(36)40-41-24(37)25(26,27)28/h5-7,9,11-13,19H,2-4,8,10,14-15H2,1H3,(H,29,30)(H,31,34)(H,32,35). The first-order chi connectivity index (χ1) is 19.3. The van der Waals surface area contributed by atoms with Gasteiger partial charge in [0.2, 0.25) is 11.8 Å². The van der Waals surface area contributed by atoms with E-state index in [1.807, 2.05) is 19.1 Å². The van der Waals surface area contributed by atoms with Gasteiger partial charge in [-0.15, -0.1) is 0 Å². The molecule has 1 atom stereocenters. The third kappa shape index (κ3) is 12.3. The highest BCUT2D eigenvalue weighted by Crippen LogP contribution is 2.23. The van der Waals surface area contributed by atoms with Crippen LogP contribution in [-0.4, -0.2) is 52.9 Å². The third-order valence-electron chi connectivity index (χ3n) is 5.38. The molecule has 0 fully saturated rings. The largest absolute Gasteiger partial charge is 0.495 e. The van der Waals surface area contributed by atoms with E-state index in [1.54, 1.807) is 6.20 Å². The summed E-state index contributed by atoms with van der Waals surface area (Å²) in [6, 6.07) is 7.21. The normalized spacial score (nSPS) is 11.6. The lowest BCUT2D eigenvalue weighted by Gasteiger charge is -2.18. The fourth-order valence-electron chi connectivity index (χ4n) is 3.39. The Labute approximate surface area is 231 Å². The molecule has 16 heteroatoms. The van der Waals surface area contributed by atoms with Gasteiger partial charge in [0, 0.05) is 31.3 Å². The van der Waals surface area contributed by atoms with Crippen molar-refractivity contribution in [1.29, 1.82) is 0 Å². The minimum Gasteiger partial charge on any atom is -0.370 e. The maximum Gasteiger partial charge on any atom is 0.495 e. The summed E-state index contributed by atoms with van der Waals surface area (Å²) < 4.78 is 36.8.